The SMILES string of the molecule is Cc1noc(C)c1CN1CCCn2nnc(COc3ccccn3)c2C1. The van der Waals surface area contributed by atoms with E-state index in [9.17, 15) is 0 Å². The zero-order chi connectivity index (χ0) is 17.9. The van der Waals surface area contributed by atoms with Crippen molar-refractivity contribution in [1.29, 1.82) is 0 Å². The molecule has 0 aromatic carbocycles. The summed E-state index contributed by atoms with van der Waals surface area (Å²) in [4.78, 5) is 6.58. The van der Waals surface area contributed by atoms with Crippen molar-refractivity contribution in [3.63, 3.8) is 0 Å². The molecule has 26 heavy (non-hydrogen) atoms. The van der Waals surface area contributed by atoms with Crippen LogP contribution in [0, 0.1) is 13.8 Å². The van der Waals surface area contributed by atoms with Gasteiger partial charge in [-0.3, -0.25) is 4.90 Å². The first-order valence-corrected chi connectivity index (χ1v) is 8.80. The van der Waals surface area contributed by atoms with Gasteiger partial charge in [0.1, 0.15) is 18.1 Å². The van der Waals surface area contributed by atoms with Crippen LogP contribution in [0.25, 0.3) is 0 Å². The summed E-state index contributed by atoms with van der Waals surface area (Å²) in [7, 11) is 0. The number of hydrogen-bond donors (Lipinski definition) is 0. The number of ether oxygens (including phenoxy) is 1. The molecule has 1 aliphatic heterocycles. The highest BCUT2D eigenvalue weighted by atomic mass is 16.5. The second-order valence-electron chi connectivity index (χ2n) is 6.53. The van der Waals surface area contributed by atoms with Crippen LogP contribution in [0.15, 0.2) is 28.9 Å². The molecule has 3 aromatic rings. The monoisotopic (exact) mass is 354 g/mol. The Balaban J connectivity index is 1.49. The zero-order valence-electron chi connectivity index (χ0n) is 15.1. The predicted octanol–water partition coefficient (Wildman–Crippen LogP) is 2.26. The lowest BCUT2D eigenvalue weighted by Gasteiger charge is -2.19. The standard InChI is InChI=1S/C18H22N6O2/c1-13-15(14(2)26-21-13)10-23-8-5-9-24-17(11-23)16(20-22-24)12-25-18-6-3-4-7-19-18/h3-4,6-7H,5,8-12H2,1-2H3. The van der Waals surface area contributed by atoms with Gasteiger partial charge in [0.15, 0.2) is 0 Å². The maximum Gasteiger partial charge on any atom is 0.213 e. The molecule has 0 aliphatic carbocycles. The maximum atomic E-state index is 5.77. The van der Waals surface area contributed by atoms with Crippen molar-refractivity contribution in [3.05, 3.63) is 52.8 Å². The lowest BCUT2D eigenvalue weighted by Crippen LogP contribution is -2.24. The Hall–Kier alpha value is -2.74. The molecule has 0 radical (unpaired) electrons. The number of nitrogens with zero attached hydrogens (tertiary/aromatic N) is 6. The Morgan fingerprint density at radius 1 is 1.23 bits per heavy atom. The summed E-state index contributed by atoms with van der Waals surface area (Å²) in [6, 6.07) is 5.61. The lowest BCUT2D eigenvalue weighted by atomic mass is 10.2. The number of aryl methyl sites for hydroxylation is 3. The van der Waals surface area contributed by atoms with Gasteiger partial charge in [0.25, 0.3) is 0 Å². The number of aromatic nitrogens is 5. The number of rotatable bonds is 5. The van der Waals surface area contributed by atoms with Crippen LogP contribution in [-0.2, 0) is 26.2 Å². The summed E-state index contributed by atoms with van der Waals surface area (Å²) in [5.74, 6) is 1.48. The number of pyridine rings is 1. The van der Waals surface area contributed by atoms with Gasteiger partial charge < -0.3 is 9.26 Å². The molecule has 4 rings (SSSR count). The van der Waals surface area contributed by atoms with E-state index in [1.165, 1.54) is 0 Å². The number of fused-ring (bicyclic) bond motifs is 1. The van der Waals surface area contributed by atoms with E-state index in [2.05, 4.69) is 25.4 Å². The van der Waals surface area contributed by atoms with Crippen LogP contribution in [0.4, 0.5) is 0 Å². The topological polar surface area (TPSA) is 82.1 Å². The van der Waals surface area contributed by atoms with E-state index in [0.717, 1.165) is 61.0 Å². The highest BCUT2D eigenvalue weighted by Gasteiger charge is 2.22. The second-order valence-corrected chi connectivity index (χ2v) is 6.53. The normalized spacial score (nSPS) is 14.8. The van der Waals surface area contributed by atoms with E-state index in [0.29, 0.717) is 12.5 Å². The smallest absolute Gasteiger partial charge is 0.213 e. The Bertz CT molecular complexity index is 854. The van der Waals surface area contributed by atoms with E-state index in [4.69, 9.17) is 9.26 Å². The second kappa shape index (κ2) is 7.25. The van der Waals surface area contributed by atoms with E-state index in [1.807, 2.05) is 36.7 Å². The summed E-state index contributed by atoms with van der Waals surface area (Å²) >= 11 is 0. The Morgan fingerprint density at radius 3 is 2.92 bits per heavy atom. The van der Waals surface area contributed by atoms with Gasteiger partial charge in [-0.1, -0.05) is 16.4 Å². The van der Waals surface area contributed by atoms with E-state index in [-0.39, 0.29) is 0 Å². The summed E-state index contributed by atoms with van der Waals surface area (Å²) in [5.41, 5.74) is 4.08. The van der Waals surface area contributed by atoms with E-state index < -0.39 is 0 Å². The van der Waals surface area contributed by atoms with Crippen LogP contribution in [0.2, 0.25) is 0 Å². The van der Waals surface area contributed by atoms with Crippen LogP contribution < -0.4 is 4.74 Å². The maximum absolute atomic E-state index is 5.77. The molecule has 136 valence electrons. The van der Waals surface area contributed by atoms with Crippen LogP contribution >= 0.6 is 0 Å². The third-order valence-corrected chi connectivity index (χ3v) is 4.69. The van der Waals surface area contributed by atoms with E-state index >= 15 is 0 Å². The minimum atomic E-state index is 0.367. The van der Waals surface area contributed by atoms with Gasteiger partial charge in [-0.2, -0.15) is 0 Å². The van der Waals surface area contributed by atoms with E-state index in [1.54, 1.807) is 6.20 Å². The quantitative estimate of drug-likeness (QED) is 0.695. The summed E-state index contributed by atoms with van der Waals surface area (Å²) in [6.07, 6.45) is 2.74. The highest BCUT2D eigenvalue weighted by Crippen LogP contribution is 2.21. The molecule has 0 amide bonds. The summed E-state index contributed by atoms with van der Waals surface area (Å²) in [6.45, 7) is 7.76. The first kappa shape index (κ1) is 16.7. The fourth-order valence-corrected chi connectivity index (χ4v) is 3.23. The van der Waals surface area contributed by atoms with Crippen LogP contribution in [-0.4, -0.2) is 36.6 Å². The molecule has 4 heterocycles. The highest BCUT2D eigenvalue weighted by molar-refractivity contribution is 5.21. The van der Waals surface area contributed by atoms with Gasteiger partial charge >= 0.3 is 0 Å². The van der Waals surface area contributed by atoms with Crippen molar-refractivity contribution >= 4 is 0 Å². The summed E-state index contributed by atoms with van der Waals surface area (Å²) < 4.78 is 13.1. The third-order valence-electron chi connectivity index (χ3n) is 4.69. The molecular formula is C18H22N6O2. The van der Waals surface area contributed by atoms with Crippen molar-refractivity contribution in [2.45, 2.75) is 46.5 Å². The molecule has 0 atom stereocenters. The molecular weight excluding hydrogens is 332 g/mol. The summed E-state index contributed by atoms with van der Waals surface area (Å²) in [5, 5.41) is 12.7. The third kappa shape index (κ3) is 3.45. The average Bonchev–Trinajstić information content (AvgIpc) is 3.10. The molecule has 0 fully saturated rings. The first-order valence-electron chi connectivity index (χ1n) is 8.80. The van der Waals surface area contributed by atoms with Crippen molar-refractivity contribution < 1.29 is 9.26 Å². The molecule has 0 saturated heterocycles. The van der Waals surface area contributed by atoms with Crippen LogP contribution in [0.1, 0.15) is 34.8 Å². The predicted molar refractivity (Wildman–Crippen MR) is 93.3 cm³/mol. The van der Waals surface area contributed by atoms with Gasteiger partial charge in [-0.05, 0) is 26.3 Å². The minimum absolute atomic E-state index is 0.367. The molecule has 0 saturated carbocycles. The van der Waals surface area contributed by atoms with Crippen LogP contribution in [0.3, 0.4) is 0 Å². The fourth-order valence-electron chi connectivity index (χ4n) is 3.23. The first-order chi connectivity index (χ1) is 12.7. The largest absolute Gasteiger partial charge is 0.471 e. The Kier molecular flexibility index (Phi) is 4.66. The van der Waals surface area contributed by atoms with Crippen molar-refractivity contribution in [1.82, 2.24) is 30.0 Å². The van der Waals surface area contributed by atoms with Gasteiger partial charge in [0.05, 0.1) is 11.4 Å². The molecule has 8 nitrogen and oxygen atoms in total. The fraction of sp³-hybridized carbons (Fsp3) is 0.444. The Morgan fingerprint density at radius 2 is 2.15 bits per heavy atom. The van der Waals surface area contributed by atoms with Crippen molar-refractivity contribution in [2.75, 3.05) is 6.54 Å². The molecule has 0 bridgehead atoms. The molecule has 1 aliphatic rings. The zero-order valence-corrected chi connectivity index (χ0v) is 15.1. The van der Waals surface area contributed by atoms with Crippen molar-refractivity contribution in [3.8, 4) is 5.88 Å². The Labute approximate surface area is 151 Å². The molecule has 3 aromatic heterocycles. The lowest BCUT2D eigenvalue weighted by molar-refractivity contribution is 0.251. The van der Waals surface area contributed by atoms with Gasteiger partial charge in [0, 0.05) is 44.0 Å². The average molecular weight is 354 g/mol. The molecule has 0 spiro atoms. The molecule has 0 N–H and O–H groups in total. The van der Waals surface area contributed by atoms with Crippen molar-refractivity contribution in [2.24, 2.45) is 0 Å². The van der Waals surface area contributed by atoms with Crippen LogP contribution in [0.5, 0.6) is 5.88 Å². The molecule has 8 heteroatoms. The van der Waals surface area contributed by atoms with Gasteiger partial charge in [-0.25, -0.2) is 9.67 Å². The van der Waals surface area contributed by atoms with Gasteiger partial charge in [0.2, 0.25) is 5.88 Å². The van der Waals surface area contributed by atoms with Gasteiger partial charge in [-0.15, -0.1) is 5.10 Å². The molecule has 0 unspecified atom stereocenters. The minimum Gasteiger partial charge on any atom is -0.471 e. The number of hydrogen-bond acceptors (Lipinski definition) is 7.